The van der Waals surface area contributed by atoms with Crippen LogP contribution < -0.4 is 20.7 Å². The van der Waals surface area contributed by atoms with Crippen molar-refractivity contribution in [3.8, 4) is 5.75 Å². The molecular weight excluding hydrogens is 234 g/mol. The first-order valence-electron chi connectivity index (χ1n) is 5.50. The number of nitrogens with one attached hydrogen (secondary N) is 3. The number of hydrogen-bond acceptors (Lipinski definition) is 4. The van der Waals surface area contributed by atoms with E-state index >= 15 is 0 Å². The maximum Gasteiger partial charge on any atom is 0.321 e. The Morgan fingerprint density at radius 1 is 1.33 bits per heavy atom. The molecular formula is C12H17N3O3. The van der Waals surface area contributed by atoms with Gasteiger partial charge in [0.15, 0.2) is 0 Å². The Balaban J connectivity index is 2.60. The molecule has 1 aromatic carbocycles. The van der Waals surface area contributed by atoms with Crippen LogP contribution in [0.5, 0.6) is 5.75 Å². The number of imide groups is 1. The quantitative estimate of drug-likeness (QED) is 0.744. The molecule has 0 saturated carbocycles. The fourth-order valence-corrected chi connectivity index (χ4v) is 1.31. The third kappa shape index (κ3) is 3.97. The fraction of sp³-hybridized carbons (Fsp3) is 0.333. The van der Waals surface area contributed by atoms with E-state index in [4.69, 9.17) is 4.74 Å². The average Bonchev–Trinajstić information content (AvgIpc) is 2.38. The highest BCUT2D eigenvalue weighted by molar-refractivity contribution is 5.97. The van der Waals surface area contributed by atoms with E-state index in [0.29, 0.717) is 5.75 Å². The molecule has 1 rings (SSSR count). The van der Waals surface area contributed by atoms with Gasteiger partial charge in [-0.05, 0) is 19.1 Å². The molecule has 0 saturated heterocycles. The first kappa shape index (κ1) is 13.8. The van der Waals surface area contributed by atoms with Crippen LogP contribution in [0.3, 0.4) is 0 Å². The van der Waals surface area contributed by atoms with Gasteiger partial charge in [0.2, 0.25) is 5.91 Å². The van der Waals surface area contributed by atoms with Crippen LogP contribution in [0, 0.1) is 0 Å². The zero-order chi connectivity index (χ0) is 13.5. The lowest BCUT2D eigenvalue weighted by atomic mass is 10.2. The molecule has 0 aromatic heterocycles. The van der Waals surface area contributed by atoms with Crippen LogP contribution in [0.2, 0.25) is 0 Å². The number of amides is 3. The van der Waals surface area contributed by atoms with Crippen molar-refractivity contribution >= 4 is 17.6 Å². The molecule has 0 heterocycles. The van der Waals surface area contributed by atoms with Crippen LogP contribution in [-0.4, -0.2) is 32.1 Å². The number of carbonyl (C=O) groups excluding carboxylic acids is 2. The molecule has 0 aliphatic rings. The van der Waals surface area contributed by atoms with Crippen LogP contribution >= 0.6 is 0 Å². The Hall–Kier alpha value is -2.24. The van der Waals surface area contributed by atoms with Crippen LogP contribution in [-0.2, 0) is 4.79 Å². The van der Waals surface area contributed by atoms with Gasteiger partial charge in [0.1, 0.15) is 11.8 Å². The van der Waals surface area contributed by atoms with E-state index in [1.165, 1.54) is 7.05 Å². The molecule has 1 atom stereocenters. The second-order valence-corrected chi connectivity index (χ2v) is 3.67. The molecule has 3 N–H and O–H groups in total. The van der Waals surface area contributed by atoms with Gasteiger partial charge in [-0.25, -0.2) is 4.79 Å². The molecule has 0 bridgehead atoms. The molecule has 0 aliphatic carbocycles. The molecule has 0 fully saturated rings. The number of anilines is 1. The van der Waals surface area contributed by atoms with Crippen molar-refractivity contribution in [2.75, 3.05) is 19.5 Å². The van der Waals surface area contributed by atoms with Gasteiger partial charge in [-0.15, -0.1) is 0 Å². The van der Waals surface area contributed by atoms with Crippen molar-refractivity contribution in [3.63, 3.8) is 0 Å². The van der Waals surface area contributed by atoms with Crippen LogP contribution in [0.4, 0.5) is 10.5 Å². The number of methoxy groups -OCH3 is 1. The van der Waals surface area contributed by atoms with Crippen molar-refractivity contribution in [1.82, 2.24) is 10.6 Å². The minimum Gasteiger partial charge on any atom is -0.497 e. The van der Waals surface area contributed by atoms with E-state index in [0.717, 1.165) is 5.69 Å². The summed E-state index contributed by atoms with van der Waals surface area (Å²) in [7, 11) is 3.02. The number of rotatable bonds is 4. The Kier molecular flexibility index (Phi) is 4.98. The highest BCUT2D eigenvalue weighted by Crippen LogP contribution is 2.17. The summed E-state index contributed by atoms with van der Waals surface area (Å²) in [5, 5.41) is 7.48. The summed E-state index contributed by atoms with van der Waals surface area (Å²) in [5.74, 6) is 0.288. The summed E-state index contributed by atoms with van der Waals surface area (Å²) in [4.78, 5) is 22.6. The molecule has 6 nitrogen and oxygen atoms in total. The second kappa shape index (κ2) is 6.48. The van der Waals surface area contributed by atoms with E-state index in [2.05, 4.69) is 16.0 Å². The Morgan fingerprint density at radius 2 is 2.06 bits per heavy atom. The van der Waals surface area contributed by atoms with Crippen molar-refractivity contribution in [1.29, 1.82) is 0 Å². The van der Waals surface area contributed by atoms with Gasteiger partial charge in [-0.2, -0.15) is 0 Å². The van der Waals surface area contributed by atoms with Gasteiger partial charge >= 0.3 is 6.03 Å². The SMILES string of the molecule is CNC(=O)NC(=O)C(C)Nc1cccc(OC)c1. The number of benzene rings is 1. The number of carbonyl (C=O) groups is 2. The lowest BCUT2D eigenvalue weighted by Crippen LogP contribution is -2.44. The van der Waals surface area contributed by atoms with Crippen molar-refractivity contribution in [2.45, 2.75) is 13.0 Å². The predicted molar refractivity (Wildman–Crippen MR) is 68.7 cm³/mol. The highest BCUT2D eigenvalue weighted by Gasteiger charge is 2.14. The second-order valence-electron chi connectivity index (χ2n) is 3.67. The molecule has 0 spiro atoms. The van der Waals surface area contributed by atoms with Crippen LogP contribution in [0.1, 0.15) is 6.92 Å². The van der Waals surface area contributed by atoms with Gasteiger partial charge in [0.25, 0.3) is 0 Å². The monoisotopic (exact) mass is 251 g/mol. The van der Waals surface area contributed by atoms with E-state index in [1.807, 2.05) is 12.1 Å². The zero-order valence-corrected chi connectivity index (χ0v) is 10.6. The maximum absolute atomic E-state index is 11.6. The standard InChI is InChI=1S/C12H17N3O3/c1-8(11(16)15-12(17)13-2)14-9-5-4-6-10(7-9)18-3/h4-8,14H,1-3H3,(H2,13,15,16,17). The molecule has 18 heavy (non-hydrogen) atoms. The molecule has 3 amide bonds. The predicted octanol–water partition coefficient (Wildman–Crippen LogP) is 0.951. The van der Waals surface area contributed by atoms with Gasteiger partial charge < -0.3 is 15.4 Å². The number of urea groups is 1. The lowest BCUT2D eigenvalue weighted by Gasteiger charge is -2.15. The highest BCUT2D eigenvalue weighted by atomic mass is 16.5. The summed E-state index contributed by atoms with van der Waals surface area (Å²) < 4.78 is 5.07. The smallest absolute Gasteiger partial charge is 0.321 e. The zero-order valence-electron chi connectivity index (χ0n) is 10.6. The molecule has 0 radical (unpaired) electrons. The topological polar surface area (TPSA) is 79.5 Å². The molecule has 0 aliphatic heterocycles. The fourth-order valence-electron chi connectivity index (χ4n) is 1.31. The van der Waals surface area contributed by atoms with Crippen molar-refractivity contribution < 1.29 is 14.3 Å². The Bertz CT molecular complexity index is 434. The summed E-state index contributed by atoms with van der Waals surface area (Å²) in [5.41, 5.74) is 0.744. The molecule has 1 unspecified atom stereocenters. The van der Waals surface area contributed by atoms with E-state index < -0.39 is 18.0 Å². The summed E-state index contributed by atoms with van der Waals surface area (Å²) in [6.07, 6.45) is 0. The van der Waals surface area contributed by atoms with Gasteiger partial charge in [0.05, 0.1) is 7.11 Å². The maximum atomic E-state index is 11.6. The first-order chi connectivity index (χ1) is 8.56. The molecule has 6 heteroatoms. The van der Waals surface area contributed by atoms with E-state index in [9.17, 15) is 9.59 Å². The summed E-state index contributed by atoms with van der Waals surface area (Å²) >= 11 is 0. The Morgan fingerprint density at radius 3 is 2.67 bits per heavy atom. The third-order valence-electron chi connectivity index (χ3n) is 2.31. The minimum atomic E-state index is -0.533. The molecule has 1 aromatic rings. The van der Waals surface area contributed by atoms with Gasteiger partial charge in [-0.1, -0.05) is 6.07 Å². The number of hydrogen-bond donors (Lipinski definition) is 3. The lowest BCUT2D eigenvalue weighted by molar-refractivity contribution is -0.120. The summed E-state index contributed by atoms with van der Waals surface area (Å²) in [6.45, 7) is 1.66. The Labute approximate surface area is 106 Å². The number of ether oxygens (including phenoxy) is 1. The largest absolute Gasteiger partial charge is 0.497 e. The van der Waals surface area contributed by atoms with Crippen LogP contribution in [0.25, 0.3) is 0 Å². The van der Waals surface area contributed by atoms with Crippen molar-refractivity contribution in [2.24, 2.45) is 0 Å². The summed E-state index contributed by atoms with van der Waals surface area (Å²) in [6, 6.07) is 6.13. The van der Waals surface area contributed by atoms with E-state index in [-0.39, 0.29) is 0 Å². The molecule has 98 valence electrons. The average molecular weight is 251 g/mol. The minimum absolute atomic E-state index is 0.405. The van der Waals surface area contributed by atoms with Crippen LogP contribution in [0.15, 0.2) is 24.3 Å². The van der Waals surface area contributed by atoms with E-state index in [1.54, 1.807) is 26.2 Å². The van der Waals surface area contributed by atoms with Gasteiger partial charge in [0, 0.05) is 18.8 Å². The first-order valence-corrected chi connectivity index (χ1v) is 5.50. The normalized spacial score (nSPS) is 11.3. The van der Waals surface area contributed by atoms with Gasteiger partial charge in [-0.3, -0.25) is 10.1 Å². The van der Waals surface area contributed by atoms with Crippen molar-refractivity contribution in [3.05, 3.63) is 24.3 Å². The third-order valence-corrected chi connectivity index (χ3v) is 2.31.